The van der Waals surface area contributed by atoms with Crippen molar-refractivity contribution in [2.24, 2.45) is 0 Å². The van der Waals surface area contributed by atoms with Crippen molar-refractivity contribution in [1.82, 2.24) is 0 Å². The van der Waals surface area contributed by atoms with Gasteiger partial charge in [-0.3, -0.25) is 0 Å². The predicted octanol–water partition coefficient (Wildman–Crippen LogP) is 0.485. The van der Waals surface area contributed by atoms with E-state index in [1.807, 2.05) is 0 Å². The quantitative estimate of drug-likeness (QED) is 0.480. The van der Waals surface area contributed by atoms with Crippen LogP contribution in [0.3, 0.4) is 0 Å². The molecule has 0 nitrogen and oxygen atoms in total. The Bertz CT molecular complexity index is 42.4. The molecule has 0 aromatic rings. The molecule has 0 saturated heterocycles. The third kappa shape index (κ3) is 200. The average molecular weight is 395 g/mol. The molecule has 4 heteroatoms. The summed E-state index contributed by atoms with van der Waals surface area (Å²) in [5, 5.41) is 0. The van der Waals surface area contributed by atoms with Gasteiger partial charge in [0, 0.05) is 0 Å². The second-order valence-corrected chi connectivity index (χ2v) is 3.41. The predicted molar refractivity (Wildman–Crippen MR) is 81.1 cm³/mol. The first-order valence-corrected chi connectivity index (χ1v) is 6.83. The van der Waals surface area contributed by atoms with Crippen LogP contribution in [0.2, 0.25) is 0 Å². The number of hydrogen-bond donors (Lipinski definition) is 0. The van der Waals surface area contributed by atoms with E-state index in [0.717, 1.165) is 25.7 Å². The second kappa shape index (κ2) is 84.0. The summed E-state index contributed by atoms with van der Waals surface area (Å²) in [5.74, 6) is 0. The number of unbranched alkanes of at least 4 members (excludes halogenated alkanes) is 4. The van der Waals surface area contributed by atoms with Gasteiger partial charge in [-0.05, 0) is 0 Å². The van der Waals surface area contributed by atoms with Gasteiger partial charge in [-0.25, -0.2) is 0 Å². The summed E-state index contributed by atoms with van der Waals surface area (Å²) < 4.78 is 0. The minimum absolute atomic E-state index is 0. The SMILES string of the molecule is [CH2-]CCC.[CH2-]CCC.[CH2-]CCC.[CH2-]CCC.[Cl-].[Cl-].[Ti+2].[Ti+2]. The zero-order valence-corrected chi connectivity index (χ0v) is 18.9. The molecule has 124 valence electrons. The van der Waals surface area contributed by atoms with Crippen LogP contribution in [0.15, 0.2) is 0 Å². The molecule has 0 aromatic heterocycles. The molecular formula is C16H36Cl2Ti2-2. The van der Waals surface area contributed by atoms with Gasteiger partial charge in [-0.15, -0.1) is 0 Å². The van der Waals surface area contributed by atoms with Gasteiger partial charge in [-0.1, -0.05) is 53.4 Å². The van der Waals surface area contributed by atoms with Crippen molar-refractivity contribution >= 4 is 0 Å². The van der Waals surface area contributed by atoms with Crippen LogP contribution in [0.4, 0.5) is 0 Å². The maximum atomic E-state index is 3.60. The van der Waals surface area contributed by atoms with E-state index >= 15 is 0 Å². The van der Waals surface area contributed by atoms with Crippen LogP contribution >= 0.6 is 0 Å². The Morgan fingerprint density at radius 1 is 0.450 bits per heavy atom. The van der Waals surface area contributed by atoms with Crippen LogP contribution in [0.5, 0.6) is 0 Å². The standard InChI is InChI=1S/4C4H9.2ClH.2Ti/c4*1-3-4-2;;;;/h4*1,3-4H2,2H3;2*1H;;/q4*-1;;;2*+2/p-2. The summed E-state index contributed by atoms with van der Waals surface area (Å²) >= 11 is 0. The minimum Gasteiger partial charge on any atom is -1.00 e. The molecule has 0 aliphatic carbocycles. The summed E-state index contributed by atoms with van der Waals surface area (Å²) in [6.07, 6.45) is 9.11. The molecule has 0 amide bonds. The summed E-state index contributed by atoms with van der Waals surface area (Å²) in [6, 6.07) is 0. The molecule has 20 heavy (non-hydrogen) atoms. The Hall–Kier alpha value is 2.01. The van der Waals surface area contributed by atoms with Gasteiger partial charge in [0.2, 0.25) is 0 Å². The van der Waals surface area contributed by atoms with Gasteiger partial charge in [0.05, 0.1) is 0 Å². The first kappa shape index (κ1) is 49.5. The fourth-order valence-corrected chi connectivity index (χ4v) is 0. The van der Waals surface area contributed by atoms with Crippen molar-refractivity contribution in [2.45, 2.75) is 79.1 Å². The maximum Gasteiger partial charge on any atom is 2.00 e. The largest absolute Gasteiger partial charge is 2.00 e. The van der Waals surface area contributed by atoms with E-state index in [4.69, 9.17) is 0 Å². The van der Waals surface area contributed by atoms with E-state index in [9.17, 15) is 0 Å². The molecule has 0 aliphatic rings. The molecule has 0 bridgehead atoms. The van der Waals surface area contributed by atoms with Crippen LogP contribution in [-0.2, 0) is 43.4 Å². The van der Waals surface area contributed by atoms with E-state index < -0.39 is 0 Å². The smallest absolute Gasteiger partial charge is 1.00 e. The monoisotopic (exact) mass is 394 g/mol. The van der Waals surface area contributed by atoms with Crippen LogP contribution in [0.25, 0.3) is 0 Å². The Kier molecular flexibility index (Phi) is 208. The van der Waals surface area contributed by atoms with Crippen LogP contribution in [-0.4, -0.2) is 0 Å². The molecule has 0 unspecified atom stereocenters. The van der Waals surface area contributed by atoms with Crippen LogP contribution in [0.1, 0.15) is 79.1 Å². The van der Waals surface area contributed by atoms with Crippen LogP contribution in [0, 0.1) is 27.7 Å². The van der Waals surface area contributed by atoms with Gasteiger partial charge in [-0.2, -0.15) is 25.7 Å². The Morgan fingerprint density at radius 3 is 0.500 bits per heavy atom. The second-order valence-electron chi connectivity index (χ2n) is 3.41. The fourth-order valence-electron chi connectivity index (χ4n) is 0. The molecule has 0 saturated carbocycles. The third-order valence-electron chi connectivity index (χ3n) is 1.41. The Morgan fingerprint density at radius 2 is 0.500 bits per heavy atom. The molecular weight excluding hydrogens is 359 g/mol. The van der Waals surface area contributed by atoms with Crippen molar-refractivity contribution in [3.63, 3.8) is 0 Å². The zero-order chi connectivity index (χ0) is 13.7. The van der Waals surface area contributed by atoms with E-state index in [2.05, 4.69) is 55.4 Å². The van der Waals surface area contributed by atoms with E-state index in [-0.39, 0.29) is 68.2 Å². The average Bonchev–Trinajstić information content (AvgIpc) is 2.39. The Balaban J connectivity index is -0.0000000150. The molecule has 0 N–H and O–H groups in total. The summed E-state index contributed by atoms with van der Waals surface area (Å²) in [6.45, 7) is 22.9. The van der Waals surface area contributed by atoms with E-state index in [1.54, 1.807) is 0 Å². The molecule has 0 fully saturated rings. The van der Waals surface area contributed by atoms with Gasteiger partial charge in [0.15, 0.2) is 0 Å². The molecule has 0 aromatic carbocycles. The number of halogens is 2. The molecule has 0 radical (unpaired) electrons. The summed E-state index contributed by atoms with van der Waals surface area (Å²) in [5.41, 5.74) is 0. The normalized spacial score (nSPS) is 6.00. The van der Waals surface area contributed by atoms with E-state index in [0.29, 0.717) is 0 Å². The zero-order valence-electron chi connectivity index (χ0n) is 14.2. The van der Waals surface area contributed by atoms with Crippen molar-refractivity contribution in [3.8, 4) is 0 Å². The summed E-state index contributed by atoms with van der Waals surface area (Å²) in [7, 11) is 0. The Labute approximate surface area is 174 Å². The number of rotatable bonds is 4. The molecule has 0 heterocycles. The van der Waals surface area contributed by atoms with Crippen molar-refractivity contribution < 1.29 is 68.2 Å². The first-order valence-electron chi connectivity index (χ1n) is 6.83. The van der Waals surface area contributed by atoms with Gasteiger partial charge < -0.3 is 52.5 Å². The minimum atomic E-state index is 0. The number of hydrogen-bond acceptors (Lipinski definition) is 0. The first-order chi connectivity index (χ1) is 7.66. The third-order valence-corrected chi connectivity index (χ3v) is 1.41. The van der Waals surface area contributed by atoms with Gasteiger partial charge in [0.1, 0.15) is 0 Å². The molecule has 0 atom stereocenters. The topological polar surface area (TPSA) is 0 Å². The molecule has 0 spiro atoms. The van der Waals surface area contributed by atoms with Crippen molar-refractivity contribution in [2.75, 3.05) is 0 Å². The van der Waals surface area contributed by atoms with Crippen molar-refractivity contribution in [1.29, 1.82) is 0 Å². The van der Waals surface area contributed by atoms with E-state index in [1.165, 1.54) is 25.7 Å². The molecule has 0 aliphatic heterocycles. The molecule has 0 rings (SSSR count). The van der Waals surface area contributed by atoms with Gasteiger partial charge >= 0.3 is 43.4 Å². The van der Waals surface area contributed by atoms with Crippen LogP contribution < -0.4 is 24.8 Å². The maximum absolute atomic E-state index is 3.60. The van der Waals surface area contributed by atoms with Gasteiger partial charge in [0.25, 0.3) is 0 Å². The fraction of sp³-hybridized carbons (Fsp3) is 0.750. The van der Waals surface area contributed by atoms with Crippen molar-refractivity contribution in [3.05, 3.63) is 27.7 Å². The summed E-state index contributed by atoms with van der Waals surface area (Å²) in [4.78, 5) is 0.